The van der Waals surface area contributed by atoms with Gasteiger partial charge in [0.1, 0.15) is 28.6 Å². The highest BCUT2D eigenvalue weighted by atomic mass is 16.5. The van der Waals surface area contributed by atoms with Crippen molar-refractivity contribution in [1.29, 1.82) is 0 Å². The van der Waals surface area contributed by atoms with Gasteiger partial charge < -0.3 is 13.9 Å². The van der Waals surface area contributed by atoms with Gasteiger partial charge in [0, 0.05) is 24.6 Å². The Morgan fingerprint density at radius 2 is 1.87 bits per heavy atom. The van der Waals surface area contributed by atoms with E-state index in [0.29, 0.717) is 34.4 Å². The molecule has 0 bridgehead atoms. The number of fused-ring (bicyclic) bond motifs is 1. The molecule has 156 valence electrons. The fourth-order valence-corrected chi connectivity index (χ4v) is 3.82. The van der Waals surface area contributed by atoms with Crippen molar-refractivity contribution in [3.05, 3.63) is 57.3 Å². The lowest BCUT2D eigenvalue weighted by Crippen LogP contribution is -2.22. The minimum atomic E-state index is -0.103. The van der Waals surface area contributed by atoms with Crippen LogP contribution in [0.1, 0.15) is 22.7 Å². The molecule has 0 aliphatic rings. The van der Waals surface area contributed by atoms with E-state index in [4.69, 9.17) is 13.9 Å². The van der Waals surface area contributed by atoms with Crippen molar-refractivity contribution < 1.29 is 13.9 Å². The van der Waals surface area contributed by atoms with Crippen LogP contribution in [0.3, 0.4) is 0 Å². The molecule has 30 heavy (non-hydrogen) atoms. The van der Waals surface area contributed by atoms with E-state index < -0.39 is 0 Å². The van der Waals surface area contributed by atoms with E-state index in [1.54, 1.807) is 35.6 Å². The van der Waals surface area contributed by atoms with Crippen molar-refractivity contribution in [3.63, 3.8) is 0 Å². The lowest BCUT2D eigenvalue weighted by atomic mass is 10.1. The Balaban J connectivity index is 1.81. The second kappa shape index (κ2) is 7.37. The Bertz CT molecular complexity index is 1310. The fraction of sp³-hybridized carbons (Fsp3) is 0.318. The van der Waals surface area contributed by atoms with Crippen molar-refractivity contribution in [1.82, 2.24) is 19.3 Å². The van der Waals surface area contributed by atoms with E-state index >= 15 is 0 Å². The van der Waals surface area contributed by atoms with Crippen LogP contribution in [0.5, 0.6) is 11.5 Å². The van der Waals surface area contributed by atoms with Crippen LogP contribution in [-0.4, -0.2) is 33.6 Å². The molecule has 0 fully saturated rings. The lowest BCUT2D eigenvalue weighted by Gasteiger charge is -2.09. The van der Waals surface area contributed by atoms with Crippen LogP contribution in [0.15, 0.2) is 33.5 Å². The second-order valence-electron chi connectivity index (χ2n) is 7.25. The SMILES string of the molecule is COc1ccc(-c2nc(Cn3c(=O)cc(C)c4c(C)nn(C)c43)c(C)o2)c(OC)c1. The molecular formula is C22H24N4O4. The van der Waals surface area contributed by atoms with Gasteiger partial charge in [0.05, 0.1) is 32.0 Å². The summed E-state index contributed by atoms with van der Waals surface area (Å²) >= 11 is 0. The zero-order chi connectivity index (χ0) is 21.6. The van der Waals surface area contributed by atoms with Crippen LogP contribution in [0.4, 0.5) is 0 Å². The molecule has 0 unspecified atom stereocenters. The van der Waals surface area contributed by atoms with Crippen LogP contribution in [-0.2, 0) is 13.6 Å². The van der Waals surface area contributed by atoms with E-state index in [-0.39, 0.29) is 12.1 Å². The van der Waals surface area contributed by atoms with Gasteiger partial charge in [-0.1, -0.05) is 0 Å². The number of benzene rings is 1. The van der Waals surface area contributed by atoms with Crippen LogP contribution in [0.25, 0.3) is 22.5 Å². The monoisotopic (exact) mass is 408 g/mol. The normalized spacial score (nSPS) is 11.3. The molecule has 0 radical (unpaired) electrons. The van der Waals surface area contributed by atoms with Gasteiger partial charge in [0.2, 0.25) is 5.89 Å². The van der Waals surface area contributed by atoms with Gasteiger partial charge in [-0.2, -0.15) is 5.10 Å². The van der Waals surface area contributed by atoms with Crippen molar-refractivity contribution in [2.24, 2.45) is 7.05 Å². The van der Waals surface area contributed by atoms with E-state index in [2.05, 4.69) is 10.1 Å². The summed E-state index contributed by atoms with van der Waals surface area (Å²) in [5, 5.41) is 5.48. The fourth-order valence-electron chi connectivity index (χ4n) is 3.82. The van der Waals surface area contributed by atoms with E-state index in [1.165, 1.54) is 0 Å². The molecule has 0 atom stereocenters. The number of aromatic nitrogens is 4. The topological polar surface area (TPSA) is 84.3 Å². The number of nitrogens with zero attached hydrogens (tertiary/aromatic N) is 4. The highest BCUT2D eigenvalue weighted by Crippen LogP contribution is 2.34. The van der Waals surface area contributed by atoms with E-state index in [9.17, 15) is 4.79 Å². The van der Waals surface area contributed by atoms with Gasteiger partial charge in [0.15, 0.2) is 0 Å². The molecule has 0 amide bonds. The number of ether oxygens (including phenoxy) is 2. The highest BCUT2D eigenvalue weighted by Gasteiger charge is 2.19. The molecule has 4 rings (SSSR count). The highest BCUT2D eigenvalue weighted by molar-refractivity contribution is 5.82. The molecule has 0 aliphatic carbocycles. The first kappa shape index (κ1) is 19.8. The molecule has 0 spiro atoms. The summed E-state index contributed by atoms with van der Waals surface area (Å²) < 4.78 is 20.1. The predicted octanol–water partition coefficient (Wildman–Crippen LogP) is 3.38. The summed E-state index contributed by atoms with van der Waals surface area (Å²) in [4.78, 5) is 17.5. The zero-order valence-corrected chi connectivity index (χ0v) is 17.9. The van der Waals surface area contributed by atoms with E-state index in [1.807, 2.05) is 40.0 Å². The van der Waals surface area contributed by atoms with Gasteiger partial charge in [-0.3, -0.25) is 14.0 Å². The molecule has 8 heteroatoms. The zero-order valence-electron chi connectivity index (χ0n) is 17.9. The molecule has 3 aromatic heterocycles. The maximum atomic E-state index is 12.8. The molecule has 8 nitrogen and oxygen atoms in total. The summed E-state index contributed by atoms with van der Waals surface area (Å²) in [5.74, 6) is 2.35. The molecule has 0 aliphatic heterocycles. The Hall–Kier alpha value is -3.55. The quantitative estimate of drug-likeness (QED) is 0.503. The third kappa shape index (κ3) is 3.14. The summed E-state index contributed by atoms with van der Waals surface area (Å²) in [6.45, 7) is 5.99. The maximum Gasteiger partial charge on any atom is 0.252 e. The van der Waals surface area contributed by atoms with Gasteiger partial charge in [-0.05, 0) is 38.5 Å². The van der Waals surface area contributed by atoms with Gasteiger partial charge in [-0.25, -0.2) is 4.98 Å². The summed E-state index contributed by atoms with van der Waals surface area (Å²) in [6, 6.07) is 7.08. The number of aryl methyl sites for hydroxylation is 4. The Morgan fingerprint density at radius 3 is 2.57 bits per heavy atom. The maximum absolute atomic E-state index is 12.8. The number of hydrogen-bond donors (Lipinski definition) is 0. The van der Waals surface area contributed by atoms with Crippen LogP contribution in [0, 0.1) is 20.8 Å². The average Bonchev–Trinajstić information content (AvgIpc) is 3.23. The first-order valence-corrected chi connectivity index (χ1v) is 9.56. The third-order valence-corrected chi connectivity index (χ3v) is 5.29. The number of rotatable bonds is 5. The standard InChI is InChI=1S/C22H24N4O4/c1-12-9-19(27)26(22-20(12)13(2)24-25(22)4)11-17-14(3)30-21(23-17)16-8-7-15(28-5)10-18(16)29-6/h7-10H,11H2,1-6H3. The number of oxazole rings is 1. The second-order valence-corrected chi connectivity index (χ2v) is 7.25. The van der Waals surface area contributed by atoms with Crippen molar-refractivity contribution in [2.75, 3.05) is 14.2 Å². The van der Waals surface area contributed by atoms with E-state index in [0.717, 1.165) is 22.3 Å². The van der Waals surface area contributed by atoms with Crippen LogP contribution < -0.4 is 15.0 Å². The molecular weight excluding hydrogens is 384 g/mol. The Labute approximate surface area is 173 Å². The first-order chi connectivity index (χ1) is 14.3. The molecule has 0 saturated heterocycles. The third-order valence-electron chi connectivity index (χ3n) is 5.29. The average molecular weight is 408 g/mol. The van der Waals surface area contributed by atoms with Gasteiger partial charge in [0.25, 0.3) is 5.56 Å². The van der Waals surface area contributed by atoms with Crippen LogP contribution >= 0.6 is 0 Å². The molecule has 3 heterocycles. The van der Waals surface area contributed by atoms with Crippen molar-refractivity contribution in [3.8, 4) is 23.0 Å². The van der Waals surface area contributed by atoms with Crippen molar-refractivity contribution in [2.45, 2.75) is 27.3 Å². The van der Waals surface area contributed by atoms with Gasteiger partial charge in [-0.15, -0.1) is 0 Å². The molecule has 1 aromatic carbocycles. The summed E-state index contributed by atoms with van der Waals surface area (Å²) in [6.07, 6.45) is 0. The number of methoxy groups -OCH3 is 2. The molecule has 4 aromatic rings. The largest absolute Gasteiger partial charge is 0.497 e. The molecule has 0 N–H and O–H groups in total. The summed E-state index contributed by atoms with van der Waals surface area (Å²) in [5.41, 5.74) is 3.86. The van der Waals surface area contributed by atoms with Crippen molar-refractivity contribution >= 4 is 11.0 Å². The lowest BCUT2D eigenvalue weighted by molar-refractivity contribution is 0.394. The minimum absolute atomic E-state index is 0.103. The Morgan fingerprint density at radius 1 is 1.10 bits per heavy atom. The van der Waals surface area contributed by atoms with Crippen LogP contribution in [0.2, 0.25) is 0 Å². The summed E-state index contributed by atoms with van der Waals surface area (Å²) in [7, 11) is 5.03. The Kier molecular flexibility index (Phi) is 4.85. The first-order valence-electron chi connectivity index (χ1n) is 9.56. The minimum Gasteiger partial charge on any atom is -0.497 e. The number of pyridine rings is 1. The number of hydrogen-bond acceptors (Lipinski definition) is 6. The van der Waals surface area contributed by atoms with Gasteiger partial charge >= 0.3 is 0 Å². The predicted molar refractivity (Wildman–Crippen MR) is 113 cm³/mol. The smallest absolute Gasteiger partial charge is 0.252 e. The molecule has 0 saturated carbocycles.